The van der Waals surface area contributed by atoms with E-state index in [-0.39, 0.29) is 0 Å². The molecule has 5 rings (SSSR count). The molecule has 2 aromatic rings. The second-order valence-electron chi connectivity index (χ2n) is 8.03. The van der Waals surface area contributed by atoms with Crippen LogP contribution in [0.4, 0.5) is 27.9 Å². The first-order valence-electron chi connectivity index (χ1n) is 11.1. The molecule has 0 bridgehead atoms. The monoisotopic (exact) mass is 475 g/mol. The fourth-order valence-corrected chi connectivity index (χ4v) is 3.62. The number of cyclic esters (lactones) is 1. The molecule has 0 aromatic carbocycles. The van der Waals surface area contributed by atoms with E-state index in [1.165, 1.54) is 4.90 Å². The van der Waals surface area contributed by atoms with Gasteiger partial charge in [-0.05, 0) is 30.5 Å². The molecule has 180 valence electrons. The quantitative estimate of drug-likeness (QED) is 0.584. The highest BCUT2D eigenvalue weighted by atomic mass is 16.6. The number of hydrogen-bond acceptors (Lipinski definition) is 10. The van der Waals surface area contributed by atoms with Crippen LogP contribution in [0.2, 0.25) is 0 Å². The topological polar surface area (TPSA) is 113 Å². The fraction of sp³-hybridized carbons (Fsp3) is 0.250. The van der Waals surface area contributed by atoms with Gasteiger partial charge in [0.2, 0.25) is 5.88 Å². The second kappa shape index (κ2) is 9.37. The molecule has 0 saturated carbocycles. The Morgan fingerprint density at radius 2 is 2.17 bits per heavy atom. The Bertz CT molecular complexity index is 1240. The number of fused-ring (bicyclic) bond motifs is 2. The number of aromatic nitrogens is 2. The van der Waals surface area contributed by atoms with Crippen LogP contribution >= 0.6 is 0 Å². The maximum absolute atomic E-state index is 12.4. The summed E-state index contributed by atoms with van der Waals surface area (Å²) in [6, 6.07) is 7.15. The van der Waals surface area contributed by atoms with Gasteiger partial charge in [0, 0.05) is 25.4 Å². The minimum absolute atomic E-state index is 0.349. The van der Waals surface area contributed by atoms with Crippen LogP contribution < -0.4 is 29.9 Å². The number of pyridine rings is 2. The molecule has 0 spiro atoms. The molecule has 35 heavy (non-hydrogen) atoms. The summed E-state index contributed by atoms with van der Waals surface area (Å²) in [5.41, 5.74) is 2.24. The first-order chi connectivity index (χ1) is 17.0. The van der Waals surface area contributed by atoms with Crippen LogP contribution in [-0.4, -0.2) is 61.7 Å². The van der Waals surface area contributed by atoms with Gasteiger partial charge in [0.15, 0.2) is 17.4 Å². The second-order valence-corrected chi connectivity index (χ2v) is 8.03. The molecule has 11 nitrogen and oxygen atoms in total. The van der Waals surface area contributed by atoms with Crippen LogP contribution in [0.1, 0.15) is 0 Å². The Morgan fingerprint density at radius 1 is 1.29 bits per heavy atom. The molecule has 0 radical (unpaired) electrons. The van der Waals surface area contributed by atoms with Crippen molar-refractivity contribution in [1.82, 2.24) is 15.3 Å². The lowest BCUT2D eigenvalue weighted by Gasteiger charge is -2.23. The van der Waals surface area contributed by atoms with Crippen molar-refractivity contribution in [2.75, 3.05) is 48.5 Å². The summed E-state index contributed by atoms with van der Waals surface area (Å²) in [4.78, 5) is 29.0. The van der Waals surface area contributed by atoms with E-state index in [0.717, 1.165) is 11.4 Å². The molecule has 1 atom stereocenters. The number of rotatable bonds is 7. The molecule has 2 aromatic heterocycles. The molecule has 2 N–H and O–H groups in total. The molecule has 3 aliphatic heterocycles. The van der Waals surface area contributed by atoms with E-state index in [1.54, 1.807) is 36.7 Å². The van der Waals surface area contributed by atoms with Gasteiger partial charge in [-0.1, -0.05) is 13.2 Å². The van der Waals surface area contributed by atoms with Gasteiger partial charge in [-0.2, -0.15) is 4.98 Å². The van der Waals surface area contributed by atoms with Crippen LogP contribution in [-0.2, 0) is 4.74 Å². The summed E-state index contributed by atoms with van der Waals surface area (Å²) in [6.45, 7) is 9.45. The molecular formula is C24H25N7O4. The minimum atomic E-state index is -0.457. The third-order valence-corrected chi connectivity index (χ3v) is 5.51. The Kier molecular flexibility index (Phi) is 5.96. The van der Waals surface area contributed by atoms with E-state index < -0.39 is 12.2 Å². The standard InChI is InChI=1S/C24H25N7O4/c1-15-14-34-19-5-6-20(28-22(19)27-15)31-13-17(35-24(31)32)8-9-25-10-11-33-21-7-4-18-23(29-21)30(3)16(2)12-26-18/h4-9,12,17,25H,1-2,10-11,13-14H2,3H3,(H,27,28)/b9-8+/t17-/m1/s1. The Balaban J connectivity index is 1.09. The zero-order valence-corrected chi connectivity index (χ0v) is 19.2. The zero-order valence-electron chi connectivity index (χ0n) is 19.2. The Hall–Kier alpha value is -4.54. The predicted octanol–water partition coefficient (Wildman–Crippen LogP) is 2.97. The number of carbonyl (C=O) groups is 1. The van der Waals surface area contributed by atoms with Gasteiger partial charge in [-0.3, -0.25) is 9.89 Å². The van der Waals surface area contributed by atoms with Crippen molar-refractivity contribution < 1.29 is 19.0 Å². The van der Waals surface area contributed by atoms with Crippen LogP contribution in [0, 0.1) is 0 Å². The van der Waals surface area contributed by atoms with Gasteiger partial charge in [0.25, 0.3) is 0 Å². The van der Waals surface area contributed by atoms with Crippen molar-refractivity contribution in [1.29, 1.82) is 0 Å². The van der Waals surface area contributed by atoms with Crippen LogP contribution in [0.3, 0.4) is 0 Å². The summed E-state index contributed by atoms with van der Waals surface area (Å²) in [7, 11) is 1.89. The lowest BCUT2D eigenvalue weighted by Crippen LogP contribution is -2.26. The fourth-order valence-electron chi connectivity index (χ4n) is 3.62. The normalized spacial score (nSPS) is 18.7. The molecule has 3 aliphatic rings. The average Bonchev–Trinajstić information content (AvgIpc) is 3.23. The summed E-state index contributed by atoms with van der Waals surface area (Å²) in [6.07, 6.45) is 4.38. The highest BCUT2D eigenvalue weighted by Crippen LogP contribution is 2.33. The largest absolute Gasteiger partial charge is 0.484 e. The van der Waals surface area contributed by atoms with Crippen molar-refractivity contribution in [2.45, 2.75) is 6.10 Å². The zero-order chi connectivity index (χ0) is 24.4. The smallest absolute Gasteiger partial charge is 0.416 e. The molecule has 0 unspecified atom stereocenters. The molecule has 5 heterocycles. The first kappa shape index (κ1) is 22.3. The number of amides is 1. The van der Waals surface area contributed by atoms with E-state index in [2.05, 4.69) is 38.8 Å². The average molecular weight is 476 g/mol. The minimum Gasteiger partial charge on any atom is -0.484 e. The van der Waals surface area contributed by atoms with Crippen molar-refractivity contribution >= 4 is 35.4 Å². The van der Waals surface area contributed by atoms with Crippen molar-refractivity contribution in [2.24, 2.45) is 4.99 Å². The third kappa shape index (κ3) is 4.74. The van der Waals surface area contributed by atoms with Gasteiger partial charge >= 0.3 is 6.09 Å². The molecule has 1 fully saturated rings. The number of aliphatic imine (C=N–C) groups is 1. The van der Waals surface area contributed by atoms with E-state index >= 15 is 0 Å². The predicted molar refractivity (Wildman–Crippen MR) is 133 cm³/mol. The first-order valence-corrected chi connectivity index (χ1v) is 11.1. The van der Waals surface area contributed by atoms with Crippen LogP contribution in [0.25, 0.3) is 0 Å². The van der Waals surface area contributed by atoms with Crippen molar-refractivity contribution in [3.63, 3.8) is 0 Å². The highest BCUT2D eigenvalue weighted by Gasteiger charge is 2.32. The number of nitrogens with zero attached hydrogens (tertiary/aromatic N) is 5. The molecule has 1 amide bonds. The summed E-state index contributed by atoms with van der Waals surface area (Å²) < 4.78 is 16.7. The number of allylic oxidation sites excluding steroid dienone is 1. The van der Waals surface area contributed by atoms with Gasteiger partial charge in [0.1, 0.15) is 30.8 Å². The number of nitrogens with one attached hydrogen (secondary N) is 2. The summed E-state index contributed by atoms with van der Waals surface area (Å²) >= 11 is 0. The van der Waals surface area contributed by atoms with Gasteiger partial charge in [-0.25, -0.2) is 9.78 Å². The van der Waals surface area contributed by atoms with E-state index in [0.29, 0.717) is 61.1 Å². The molecular weight excluding hydrogens is 450 g/mol. The lowest BCUT2D eigenvalue weighted by atomic mass is 10.3. The number of carbonyl (C=O) groups excluding carboxylic acids is 1. The van der Waals surface area contributed by atoms with E-state index in [9.17, 15) is 4.79 Å². The van der Waals surface area contributed by atoms with Gasteiger partial charge < -0.3 is 29.7 Å². The summed E-state index contributed by atoms with van der Waals surface area (Å²) in [5, 5.41) is 6.21. The van der Waals surface area contributed by atoms with E-state index in [1.807, 2.05) is 18.0 Å². The van der Waals surface area contributed by atoms with Crippen molar-refractivity contribution in [3.8, 4) is 11.6 Å². The highest BCUT2D eigenvalue weighted by molar-refractivity contribution is 5.91. The number of ether oxygens (including phenoxy) is 3. The maximum Gasteiger partial charge on any atom is 0.416 e. The maximum atomic E-state index is 12.4. The van der Waals surface area contributed by atoms with Crippen LogP contribution in [0.15, 0.2) is 66.1 Å². The third-order valence-electron chi connectivity index (χ3n) is 5.51. The molecule has 0 aliphatic carbocycles. The lowest BCUT2D eigenvalue weighted by molar-refractivity contribution is 0.160. The van der Waals surface area contributed by atoms with E-state index in [4.69, 9.17) is 14.2 Å². The number of hydrogen-bond donors (Lipinski definition) is 2. The molecule has 11 heteroatoms. The van der Waals surface area contributed by atoms with Crippen molar-refractivity contribution in [3.05, 3.63) is 61.1 Å². The number of anilines is 3. The van der Waals surface area contributed by atoms with Gasteiger partial charge in [-0.15, -0.1) is 0 Å². The Labute approximate surface area is 202 Å². The SMILES string of the molecule is C=C1COc2ccc(N3C[C@@H](/C=C/NCCOc4ccc5c(n4)N(C)C(=C)C=N5)OC3=O)nc2N1. The summed E-state index contributed by atoms with van der Waals surface area (Å²) in [5.74, 6) is 2.84. The van der Waals surface area contributed by atoms with Gasteiger partial charge in [0.05, 0.1) is 18.5 Å². The van der Waals surface area contributed by atoms with Crippen LogP contribution in [0.5, 0.6) is 11.6 Å². The Morgan fingerprint density at radius 3 is 3.06 bits per heavy atom. The molecule has 1 saturated heterocycles.